The Morgan fingerprint density at radius 1 is 0.920 bits per heavy atom. The van der Waals surface area contributed by atoms with E-state index in [1.54, 1.807) is 7.85 Å². The van der Waals surface area contributed by atoms with E-state index in [0.29, 0.717) is 17.7 Å². The molecule has 0 N–H and O–H groups in total. The van der Waals surface area contributed by atoms with Crippen LogP contribution in [0.4, 0.5) is 0 Å². The third-order valence-corrected chi connectivity index (χ3v) is 16.0. The molecule has 2 unspecified atom stereocenters. The van der Waals surface area contributed by atoms with Gasteiger partial charge in [0.05, 0.1) is 12.6 Å². The molecule has 2 rings (SSSR count). The van der Waals surface area contributed by atoms with Crippen LogP contribution in [0.25, 0.3) is 0 Å². The first-order valence-electron chi connectivity index (χ1n) is 9.69. The molecule has 0 saturated carbocycles. The van der Waals surface area contributed by atoms with E-state index in [2.05, 4.69) is 55.4 Å². The van der Waals surface area contributed by atoms with Crippen LogP contribution in [0, 0.1) is 0 Å². The van der Waals surface area contributed by atoms with Gasteiger partial charge in [0.25, 0.3) is 0 Å². The summed E-state index contributed by atoms with van der Waals surface area (Å²) in [4.78, 5) is 12.6. The second kappa shape index (κ2) is 7.56. The highest BCUT2D eigenvalue weighted by molar-refractivity contribution is 6.84. The van der Waals surface area contributed by atoms with Gasteiger partial charge in [-0.05, 0) is 22.2 Å². The summed E-state index contributed by atoms with van der Waals surface area (Å²) in [6.07, 6.45) is -0.877. The molecule has 0 aromatic rings. The number of fused-ring (bicyclic) bond motifs is 1. The number of carbonyl (C=O) groups is 1. The molecule has 144 valence electrons. The van der Waals surface area contributed by atoms with Crippen LogP contribution >= 0.6 is 0 Å². The normalized spacial score (nSPS) is 32.3. The lowest BCUT2D eigenvalue weighted by molar-refractivity contribution is -0.125. The van der Waals surface area contributed by atoms with E-state index < -0.39 is 29.2 Å². The van der Waals surface area contributed by atoms with Gasteiger partial charge >= 0.3 is 17.1 Å². The van der Waals surface area contributed by atoms with Crippen molar-refractivity contribution in [2.45, 2.75) is 95.8 Å². The highest BCUT2D eigenvalue weighted by atomic mass is 28.5. The Morgan fingerprint density at radius 2 is 1.40 bits per heavy atom. The fraction of sp³-hybridized carbons (Fsp3) is 0.941. The van der Waals surface area contributed by atoms with E-state index in [0.717, 1.165) is 0 Å². The van der Waals surface area contributed by atoms with E-state index in [9.17, 15) is 4.79 Å². The first-order valence-corrected chi connectivity index (χ1v) is 13.6. The zero-order valence-electron chi connectivity index (χ0n) is 17.3. The minimum Gasteiger partial charge on any atom is -0.414 e. The second-order valence-corrected chi connectivity index (χ2v) is 17.6. The molecule has 0 spiro atoms. The number of Topliss-reactive ketones (excluding diaryl/α,β-unsaturated/α-hetero) is 1. The van der Waals surface area contributed by atoms with Gasteiger partial charge < -0.3 is 17.7 Å². The average molecular weight is 386 g/mol. The van der Waals surface area contributed by atoms with Gasteiger partial charge in [-0.3, -0.25) is 4.79 Å². The molecular weight excluding hydrogens is 351 g/mol. The number of rotatable bonds is 4. The molecule has 2 saturated heterocycles. The molecule has 2 aliphatic heterocycles. The minimum absolute atomic E-state index is 0.0265. The highest BCUT2D eigenvalue weighted by Crippen LogP contribution is 2.46. The Kier molecular flexibility index (Phi) is 6.44. The molecule has 0 aliphatic carbocycles. The van der Waals surface area contributed by atoms with Crippen LogP contribution in [0.2, 0.25) is 22.2 Å². The van der Waals surface area contributed by atoms with Gasteiger partial charge in [-0.15, -0.1) is 0 Å². The molecule has 2 heterocycles. The van der Waals surface area contributed by atoms with Crippen LogP contribution in [0.15, 0.2) is 0 Å². The number of carbonyl (C=O) groups excluding carboxylic acids is 1. The van der Waals surface area contributed by atoms with Gasteiger partial charge in [0.15, 0.2) is 5.78 Å². The monoisotopic (exact) mass is 386 g/mol. The maximum absolute atomic E-state index is 12.6. The quantitative estimate of drug-likeness (QED) is 0.696. The Hall–Kier alpha value is 0.00870. The highest BCUT2D eigenvalue weighted by Gasteiger charge is 2.61. The van der Waals surface area contributed by atoms with Crippen LogP contribution in [0.1, 0.15) is 55.4 Å². The Bertz CT molecular complexity index is 481. The van der Waals surface area contributed by atoms with E-state index in [1.807, 2.05) is 0 Å². The predicted octanol–water partition coefficient (Wildman–Crippen LogP) is 2.87. The lowest BCUT2D eigenvalue weighted by Gasteiger charge is -2.50. The number of hydrogen-bond donors (Lipinski definition) is 0. The van der Waals surface area contributed by atoms with Crippen molar-refractivity contribution in [1.82, 2.24) is 0 Å². The second-order valence-electron chi connectivity index (χ2n) is 8.73. The third kappa shape index (κ3) is 3.58. The molecule has 0 radical (unpaired) electrons. The summed E-state index contributed by atoms with van der Waals surface area (Å²) in [6.45, 7) is 17.8. The van der Waals surface area contributed by atoms with Crippen LogP contribution in [-0.4, -0.2) is 55.6 Å². The van der Waals surface area contributed by atoms with Crippen LogP contribution in [0.3, 0.4) is 0 Å². The van der Waals surface area contributed by atoms with Gasteiger partial charge in [0, 0.05) is 0 Å². The lowest BCUT2D eigenvalue weighted by Crippen LogP contribution is -2.65. The molecule has 25 heavy (non-hydrogen) atoms. The zero-order valence-corrected chi connectivity index (χ0v) is 19.3. The van der Waals surface area contributed by atoms with Crippen LogP contribution in [0.5, 0.6) is 0 Å². The lowest BCUT2D eigenvalue weighted by atomic mass is 9.95. The summed E-state index contributed by atoms with van der Waals surface area (Å²) in [7, 11) is -3.44. The Balaban J connectivity index is 2.55. The first-order chi connectivity index (χ1) is 11.5. The molecule has 3 atom stereocenters. The van der Waals surface area contributed by atoms with E-state index >= 15 is 0 Å². The summed E-state index contributed by atoms with van der Waals surface area (Å²) in [5, 5.41) is 0. The molecule has 8 heteroatoms. The molecule has 0 bridgehead atoms. The van der Waals surface area contributed by atoms with Gasteiger partial charge in [0.1, 0.15) is 20.1 Å². The smallest absolute Gasteiger partial charge is 0.335 e. The topological polar surface area (TPSA) is 54.0 Å². The van der Waals surface area contributed by atoms with E-state index in [-0.39, 0.29) is 23.0 Å². The van der Waals surface area contributed by atoms with Crippen molar-refractivity contribution in [3.8, 4) is 0 Å². The Morgan fingerprint density at radius 3 is 1.84 bits per heavy atom. The van der Waals surface area contributed by atoms with E-state index in [1.165, 1.54) is 0 Å². The first kappa shape index (κ1) is 21.3. The summed E-state index contributed by atoms with van der Waals surface area (Å²) in [5.74, 6) is 0.0265. The molecule has 0 amide bonds. The third-order valence-electron chi connectivity index (χ3n) is 5.72. The summed E-state index contributed by atoms with van der Waals surface area (Å²) in [5.41, 5.74) is 1.05. The standard InChI is InChI=1S/C17H35BO5Si2/c1-10(2)24(11(3)4)20-9-14-16(15(19)17(18)21-14)22-25(23-24,12(5)6)13(7)8/h10-14,16-17H,9,18H2,1-8H3/t14?,16-,17?/m1/s1. The van der Waals surface area contributed by atoms with Crippen molar-refractivity contribution < 1.29 is 22.5 Å². The largest absolute Gasteiger partial charge is 0.414 e. The molecule has 5 nitrogen and oxygen atoms in total. The zero-order chi connectivity index (χ0) is 19.2. The number of ketones is 1. The van der Waals surface area contributed by atoms with Crippen LogP contribution < -0.4 is 0 Å². The maximum atomic E-state index is 12.6. The van der Waals surface area contributed by atoms with Gasteiger partial charge in [-0.1, -0.05) is 55.4 Å². The summed E-state index contributed by atoms with van der Waals surface area (Å²) in [6, 6.07) is -0.433. The van der Waals surface area contributed by atoms with Crippen molar-refractivity contribution in [3.05, 3.63) is 0 Å². The van der Waals surface area contributed by atoms with Crippen molar-refractivity contribution >= 4 is 30.8 Å². The predicted molar refractivity (Wildman–Crippen MR) is 106 cm³/mol. The van der Waals surface area contributed by atoms with Crippen molar-refractivity contribution in [1.29, 1.82) is 0 Å². The average Bonchev–Trinajstić information content (AvgIpc) is 2.73. The molecule has 0 aromatic carbocycles. The summed E-state index contributed by atoms with van der Waals surface area (Å²) >= 11 is 0. The maximum Gasteiger partial charge on any atom is 0.335 e. The Labute approximate surface area is 156 Å². The molecule has 2 aliphatic rings. The number of ether oxygens (including phenoxy) is 1. The van der Waals surface area contributed by atoms with Crippen molar-refractivity contribution in [2.75, 3.05) is 6.61 Å². The molecule has 2 fully saturated rings. The fourth-order valence-corrected chi connectivity index (χ4v) is 15.4. The van der Waals surface area contributed by atoms with Gasteiger partial charge in [-0.25, -0.2) is 0 Å². The van der Waals surface area contributed by atoms with E-state index in [4.69, 9.17) is 17.7 Å². The number of hydrogen-bond acceptors (Lipinski definition) is 5. The van der Waals surface area contributed by atoms with Gasteiger partial charge in [0.2, 0.25) is 0 Å². The minimum atomic E-state index is -2.70. The van der Waals surface area contributed by atoms with Gasteiger partial charge in [-0.2, -0.15) is 0 Å². The van der Waals surface area contributed by atoms with Crippen molar-refractivity contribution in [2.24, 2.45) is 0 Å². The van der Waals surface area contributed by atoms with Crippen molar-refractivity contribution in [3.63, 3.8) is 0 Å². The summed E-state index contributed by atoms with van der Waals surface area (Å²) < 4.78 is 26.2. The van der Waals surface area contributed by atoms with Crippen LogP contribution in [-0.2, 0) is 22.5 Å². The molecular formula is C17H35BO5Si2. The SMILES string of the molecule is BC1OC2CO[Si](C(C)C)(C(C)C)O[Si](C(C)C)(C(C)C)O[C@H]2C1=O. The molecule has 0 aromatic heterocycles. The fourth-order valence-electron chi connectivity index (χ4n) is 4.20.